The van der Waals surface area contributed by atoms with Crippen LogP contribution in [0.1, 0.15) is 47.0 Å². The summed E-state index contributed by atoms with van der Waals surface area (Å²) in [5, 5.41) is 0. The van der Waals surface area contributed by atoms with E-state index in [9.17, 15) is 0 Å². The van der Waals surface area contributed by atoms with E-state index in [1.807, 2.05) is 0 Å². The van der Waals surface area contributed by atoms with Gasteiger partial charge in [-0.05, 0) is 37.9 Å². The maximum Gasteiger partial charge on any atom is 0.401 e. The lowest BCUT2D eigenvalue weighted by Gasteiger charge is -2.25. The Kier molecular flexibility index (Phi) is 9.68. The Morgan fingerprint density at radius 1 is 1.12 bits per heavy atom. The molecule has 0 aromatic rings. The zero-order chi connectivity index (χ0) is 12.4. The van der Waals surface area contributed by atoms with Crippen molar-refractivity contribution in [1.82, 2.24) is 0 Å². The molecule has 2 radical (unpaired) electrons. The highest BCUT2D eigenvalue weighted by atomic mass is 31.2. The lowest BCUT2D eigenvalue weighted by molar-refractivity contribution is 0.443. The molecule has 4 heteroatoms. The van der Waals surface area contributed by atoms with Crippen LogP contribution in [0, 0.1) is 5.92 Å². The van der Waals surface area contributed by atoms with Crippen LogP contribution in [0.15, 0.2) is 4.41 Å². The van der Waals surface area contributed by atoms with Crippen LogP contribution in [-0.2, 0) is 4.43 Å². The van der Waals surface area contributed by atoms with Crippen molar-refractivity contribution in [2.45, 2.75) is 47.0 Å². The van der Waals surface area contributed by atoms with Gasteiger partial charge < -0.3 is 8.84 Å². The average Bonchev–Trinajstić information content (AvgIpc) is 2.24. The number of nitrogens with zero attached hydrogens (tertiary/aromatic N) is 1. The Labute approximate surface area is 105 Å². The van der Waals surface area contributed by atoms with Crippen LogP contribution in [0.3, 0.4) is 0 Å². The van der Waals surface area contributed by atoms with Crippen LogP contribution in [-0.4, -0.2) is 35.5 Å². The number of hydrogen-bond donors (Lipinski definition) is 0. The molecule has 16 heavy (non-hydrogen) atoms. The molecule has 2 nitrogen and oxygen atoms in total. The van der Waals surface area contributed by atoms with Gasteiger partial charge in [-0.25, -0.2) is 0 Å². The molecule has 0 N–H and O–H groups in total. The molecule has 0 amide bonds. The summed E-state index contributed by atoms with van der Waals surface area (Å²) in [7, 11) is 1.07. The van der Waals surface area contributed by atoms with E-state index in [4.69, 9.17) is 8.84 Å². The summed E-state index contributed by atoms with van der Waals surface area (Å²) in [6.07, 6.45) is 7.84. The van der Waals surface area contributed by atoms with Crippen molar-refractivity contribution in [2.75, 3.05) is 25.6 Å². The van der Waals surface area contributed by atoms with Crippen molar-refractivity contribution in [3.63, 3.8) is 0 Å². The second kappa shape index (κ2) is 9.44. The topological polar surface area (TPSA) is 21.6 Å². The Morgan fingerprint density at radius 3 is 2.06 bits per heavy atom. The van der Waals surface area contributed by atoms with Crippen LogP contribution in [0.2, 0.25) is 0 Å². The minimum Gasteiger partial charge on any atom is -0.400 e. The molecule has 0 aromatic heterocycles. The van der Waals surface area contributed by atoms with E-state index in [2.05, 4.69) is 27.7 Å². The molecule has 0 unspecified atom stereocenters. The van der Waals surface area contributed by atoms with Gasteiger partial charge in [-0.15, -0.1) is 0 Å². The predicted molar refractivity (Wildman–Crippen MR) is 76.7 cm³/mol. The lowest BCUT2D eigenvalue weighted by atomic mass is 10.2. The van der Waals surface area contributed by atoms with Crippen molar-refractivity contribution >= 4 is 17.0 Å². The molecule has 96 valence electrons. The molecule has 0 fully saturated rings. The number of rotatable bonds is 9. The van der Waals surface area contributed by atoms with Gasteiger partial charge in [0.25, 0.3) is 0 Å². The zero-order valence-electron chi connectivity index (χ0n) is 11.6. The zero-order valence-corrected chi connectivity index (χ0v) is 13.5. The van der Waals surface area contributed by atoms with Gasteiger partial charge >= 0.3 is 9.92 Å². The number of hydrogen-bond acceptors (Lipinski definition) is 2. The van der Waals surface area contributed by atoms with Gasteiger partial charge in [-0.3, -0.25) is 0 Å². The van der Waals surface area contributed by atoms with E-state index in [0.717, 1.165) is 5.92 Å². The first-order valence-corrected chi connectivity index (χ1v) is 9.61. The molecule has 0 bridgehead atoms. The molecular formula is C12H28NOPSi. The Bertz CT molecular complexity index is 209. The Hall–Kier alpha value is 0.407. The summed E-state index contributed by atoms with van der Waals surface area (Å²) in [5.41, 5.74) is 0. The SMILES string of the molecule is CCCP(CCC)(CCC(C)C)=N[Si]OC. The van der Waals surface area contributed by atoms with Gasteiger partial charge in [0, 0.05) is 7.11 Å². The molecule has 0 saturated carbocycles. The largest absolute Gasteiger partial charge is 0.401 e. The monoisotopic (exact) mass is 261 g/mol. The molecule has 0 spiro atoms. The minimum atomic E-state index is -1.05. The van der Waals surface area contributed by atoms with E-state index >= 15 is 0 Å². The second-order valence-corrected chi connectivity index (χ2v) is 9.77. The van der Waals surface area contributed by atoms with E-state index < -0.39 is 7.05 Å². The van der Waals surface area contributed by atoms with Crippen molar-refractivity contribution in [3.05, 3.63) is 0 Å². The highest BCUT2D eigenvalue weighted by Crippen LogP contribution is 2.51. The summed E-state index contributed by atoms with van der Waals surface area (Å²) in [6, 6.07) is 0. The Balaban J connectivity index is 4.63. The highest BCUT2D eigenvalue weighted by Gasteiger charge is 2.17. The van der Waals surface area contributed by atoms with E-state index in [1.165, 1.54) is 37.7 Å². The van der Waals surface area contributed by atoms with Crippen LogP contribution < -0.4 is 0 Å². The normalized spacial score (nSPS) is 12.1. The molecule has 0 heterocycles. The van der Waals surface area contributed by atoms with Gasteiger partial charge in [0.05, 0.1) is 0 Å². The maximum atomic E-state index is 5.19. The molecule has 0 aliphatic heterocycles. The summed E-state index contributed by atoms with van der Waals surface area (Å²) < 4.78 is 10.1. The maximum absolute atomic E-state index is 5.19. The van der Waals surface area contributed by atoms with Crippen molar-refractivity contribution in [2.24, 2.45) is 10.3 Å². The van der Waals surface area contributed by atoms with Gasteiger partial charge in [0.15, 0.2) is 0 Å². The predicted octanol–water partition coefficient (Wildman–Crippen LogP) is 4.23. The minimum absolute atomic E-state index is 0.364. The van der Waals surface area contributed by atoms with E-state index in [-0.39, 0.29) is 0 Å². The van der Waals surface area contributed by atoms with E-state index in [1.54, 1.807) is 7.11 Å². The summed E-state index contributed by atoms with van der Waals surface area (Å²) >= 11 is 0. The average molecular weight is 261 g/mol. The third-order valence-electron chi connectivity index (χ3n) is 2.75. The third kappa shape index (κ3) is 6.88. The smallest absolute Gasteiger partial charge is 0.400 e. The van der Waals surface area contributed by atoms with Crippen LogP contribution in [0.5, 0.6) is 0 Å². The fraction of sp³-hybridized carbons (Fsp3) is 1.00. The third-order valence-corrected chi connectivity index (χ3v) is 8.60. The van der Waals surface area contributed by atoms with Crippen molar-refractivity contribution < 1.29 is 4.43 Å². The first-order valence-electron chi connectivity index (χ1n) is 6.46. The van der Waals surface area contributed by atoms with Gasteiger partial charge in [-0.2, -0.15) is 0 Å². The highest BCUT2D eigenvalue weighted by molar-refractivity contribution is 7.67. The van der Waals surface area contributed by atoms with Crippen LogP contribution in [0.25, 0.3) is 0 Å². The fourth-order valence-electron chi connectivity index (χ4n) is 1.94. The van der Waals surface area contributed by atoms with E-state index in [0.29, 0.717) is 9.92 Å². The van der Waals surface area contributed by atoms with Crippen LogP contribution in [0.4, 0.5) is 0 Å². The van der Waals surface area contributed by atoms with Crippen molar-refractivity contribution in [1.29, 1.82) is 0 Å². The Morgan fingerprint density at radius 2 is 1.69 bits per heavy atom. The molecule has 0 rings (SSSR count). The summed E-state index contributed by atoms with van der Waals surface area (Å²) in [4.78, 5) is 0. The molecule has 0 aliphatic carbocycles. The first kappa shape index (κ1) is 16.4. The molecular weight excluding hydrogens is 233 g/mol. The first-order chi connectivity index (χ1) is 7.60. The lowest BCUT2D eigenvalue weighted by Crippen LogP contribution is -2.05. The standard InChI is InChI=1S/C12H28NOPSi/c1-6-9-15(10-7-2,13-16-14-5)11-8-12(3)4/h12H,6-11H2,1-5H3. The fourth-order valence-corrected chi connectivity index (χ4v) is 7.50. The molecule has 0 atom stereocenters. The second-order valence-electron chi connectivity index (χ2n) is 4.84. The van der Waals surface area contributed by atoms with Crippen molar-refractivity contribution in [3.8, 4) is 0 Å². The summed E-state index contributed by atoms with van der Waals surface area (Å²) in [6.45, 7) is 9.19. The van der Waals surface area contributed by atoms with Crippen LogP contribution >= 0.6 is 7.05 Å². The molecule has 0 aliphatic rings. The van der Waals surface area contributed by atoms with Gasteiger partial charge in [0.2, 0.25) is 0 Å². The molecule has 0 aromatic carbocycles. The quantitative estimate of drug-likeness (QED) is 0.449. The molecule has 0 saturated heterocycles. The van der Waals surface area contributed by atoms with Gasteiger partial charge in [0.1, 0.15) is 0 Å². The van der Waals surface area contributed by atoms with Gasteiger partial charge in [-0.1, -0.05) is 40.5 Å². The summed E-state index contributed by atoms with van der Waals surface area (Å²) in [5.74, 6) is 0.800.